The fourth-order valence-corrected chi connectivity index (χ4v) is 1.73. The van der Waals surface area contributed by atoms with Crippen molar-refractivity contribution in [2.75, 3.05) is 6.54 Å². The first-order valence-electron chi connectivity index (χ1n) is 6.65. The van der Waals surface area contributed by atoms with Crippen molar-refractivity contribution in [3.05, 3.63) is 60.1 Å². The first kappa shape index (κ1) is 14.6. The summed E-state index contributed by atoms with van der Waals surface area (Å²) in [6.45, 7) is 0.824. The molecule has 2 rings (SSSR count). The Kier molecular flexibility index (Phi) is 5.40. The first-order chi connectivity index (χ1) is 10.2. The molecule has 0 fully saturated rings. The van der Waals surface area contributed by atoms with Crippen molar-refractivity contribution >= 4 is 12.0 Å². The average molecular weight is 286 g/mol. The maximum absolute atomic E-state index is 11.6. The van der Waals surface area contributed by atoms with E-state index < -0.39 is 6.03 Å². The van der Waals surface area contributed by atoms with Gasteiger partial charge < -0.3 is 15.5 Å². The number of urea groups is 1. The number of nitrogens with one attached hydrogen (secondary N) is 2. The largest absolute Gasteiger partial charge is 0.467 e. The Labute approximate surface area is 123 Å². The van der Waals surface area contributed by atoms with E-state index in [1.165, 1.54) is 5.56 Å². The zero-order valence-corrected chi connectivity index (χ0v) is 11.6. The fourth-order valence-electron chi connectivity index (χ4n) is 1.73. The van der Waals surface area contributed by atoms with E-state index in [-0.39, 0.29) is 5.96 Å². The van der Waals surface area contributed by atoms with Crippen molar-refractivity contribution in [3.8, 4) is 0 Å². The van der Waals surface area contributed by atoms with E-state index in [4.69, 9.17) is 10.2 Å². The summed E-state index contributed by atoms with van der Waals surface area (Å²) in [4.78, 5) is 15.7. The van der Waals surface area contributed by atoms with Crippen molar-refractivity contribution in [1.29, 1.82) is 0 Å². The number of carbonyl (C=O) groups excluding carboxylic acids is 1. The third-order valence-corrected chi connectivity index (χ3v) is 2.77. The van der Waals surface area contributed by atoms with Crippen LogP contribution >= 0.6 is 0 Å². The van der Waals surface area contributed by atoms with Gasteiger partial charge in [-0.1, -0.05) is 30.3 Å². The zero-order chi connectivity index (χ0) is 14.9. The highest BCUT2D eigenvalue weighted by molar-refractivity contribution is 5.95. The molecule has 21 heavy (non-hydrogen) atoms. The summed E-state index contributed by atoms with van der Waals surface area (Å²) in [6, 6.07) is 13.1. The highest BCUT2D eigenvalue weighted by Gasteiger charge is 2.03. The molecule has 1 aromatic carbocycles. The maximum atomic E-state index is 11.6. The van der Waals surface area contributed by atoms with Gasteiger partial charge in [0.2, 0.25) is 0 Å². The standard InChI is InChI=1S/C15H18N4O2/c16-14(17-9-8-12-5-2-1-3-6-12)19-15(20)18-11-13-7-4-10-21-13/h1-7,10H,8-9,11H2,(H4,16,17,18,19,20). The van der Waals surface area contributed by atoms with Gasteiger partial charge in [-0.25, -0.2) is 4.79 Å². The number of hydrogen-bond donors (Lipinski definition) is 3. The monoisotopic (exact) mass is 286 g/mol. The van der Waals surface area contributed by atoms with Crippen molar-refractivity contribution < 1.29 is 9.21 Å². The molecule has 0 atom stereocenters. The predicted octanol–water partition coefficient (Wildman–Crippen LogP) is 1.64. The van der Waals surface area contributed by atoms with Crippen molar-refractivity contribution in [2.45, 2.75) is 13.0 Å². The maximum Gasteiger partial charge on any atom is 0.321 e. The van der Waals surface area contributed by atoms with Crippen LogP contribution in [0.15, 0.2) is 58.1 Å². The summed E-state index contributed by atoms with van der Waals surface area (Å²) in [7, 11) is 0. The second-order valence-electron chi connectivity index (χ2n) is 4.39. The highest BCUT2D eigenvalue weighted by Crippen LogP contribution is 1.99. The number of nitrogens with two attached hydrogens (primary N) is 1. The molecular formula is C15H18N4O2. The molecule has 0 unspecified atom stereocenters. The number of rotatable bonds is 5. The second kappa shape index (κ2) is 7.74. The Morgan fingerprint density at radius 2 is 2.00 bits per heavy atom. The number of furan rings is 1. The van der Waals surface area contributed by atoms with Crippen LogP contribution in [0.5, 0.6) is 0 Å². The van der Waals surface area contributed by atoms with Crippen molar-refractivity contribution in [2.24, 2.45) is 10.7 Å². The number of carbonyl (C=O) groups is 1. The van der Waals surface area contributed by atoms with Crippen LogP contribution in [0, 0.1) is 0 Å². The number of amides is 2. The lowest BCUT2D eigenvalue weighted by molar-refractivity contribution is 0.244. The normalized spacial score (nSPS) is 11.1. The lowest BCUT2D eigenvalue weighted by Crippen LogP contribution is -2.43. The number of nitrogens with zero attached hydrogens (tertiary/aromatic N) is 1. The Balaban J connectivity index is 1.69. The van der Waals surface area contributed by atoms with Crippen molar-refractivity contribution in [3.63, 3.8) is 0 Å². The third-order valence-electron chi connectivity index (χ3n) is 2.77. The van der Waals surface area contributed by atoms with Gasteiger partial charge in [0, 0.05) is 6.54 Å². The van der Waals surface area contributed by atoms with Crippen LogP contribution in [-0.4, -0.2) is 18.5 Å². The van der Waals surface area contributed by atoms with E-state index in [0.717, 1.165) is 6.42 Å². The molecule has 1 heterocycles. The van der Waals surface area contributed by atoms with Crippen LogP contribution in [-0.2, 0) is 13.0 Å². The van der Waals surface area contributed by atoms with Crippen LogP contribution in [0.2, 0.25) is 0 Å². The quantitative estimate of drug-likeness (QED) is 0.576. The molecule has 0 saturated heterocycles. The van der Waals surface area contributed by atoms with Crippen LogP contribution in [0.1, 0.15) is 11.3 Å². The van der Waals surface area contributed by atoms with E-state index in [1.807, 2.05) is 30.3 Å². The van der Waals surface area contributed by atoms with E-state index in [9.17, 15) is 4.79 Å². The van der Waals surface area contributed by atoms with Gasteiger partial charge in [-0.05, 0) is 24.1 Å². The number of guanidine groups is 1. The minimum atomic E-state index is -0.410. The molecule has 6 heteroatoms. The van der Waals surface area contributed by atoms with E-state index >= 15 is 0 Å². The topological polar surface area (TPSA) is 92.6 Å². The molecule has 4 N–H and O–H groups in total. The summed E-state index contributed by atoms with van der Waals surface area (Å²) in [5.41, 5.74) is 6.82. The number of aliphatic imine (C=N–C) groups is 1. The summed E-state index contributed by atoms with van der Waals surface area (Å²) in [6.07, 6.45) is 2.32. The molecule has 2 aromatic rings. The molecule has 0 aliphatic heterocycles. The van der Waals surface area contributed by atoms with Gasteiger partial charge in [-0.3, -0.25) is 10.3 Å². The number of hydrogen-bond acceptors (Lipinski definition) is 3. The zero-order valence-electron chi connectivity index (χ0n) is 11.6. The summed E-state index contributed by atoms with van der Waals surface area (Å²) in [5, 5.41) is 5.08. The predicted molar refractivity (Wildman–Crippen MR) is 80.7 cm³/mol. The molecular weight excluding hydrogens is 268 g/mol. The summed E-state index contributed by atoms with van der Waals surface area (Å²) >= 11 is 0. The van der Waals surface area contributed by atoms with Crippen LogP contribution in [0.3, 0.4) is 0 Å². The van der Waals surface area contributed by atoms with Crippen LogP contribution in [0.25, 0.3) is 0 Å². The summed E-state index contributed by atoms with van der Waals surface area (Å²) in [5.74, 6) is 0.771. The Bertz CT molecular complexity index is 579. The van der Waals surface area contributed by atoms with Crippen LogP contribution < -0.4 is 16.4 Å². The molecule has 0 radical (unpaired) electrons. The summed E-state index contributed by atoms with van der Waals surface area (Å²) < 4.78 is 5.10. The van der Waals surface area contributed by atoms with Crippen molar-refractivity contribution in [1.82, 2.24) is 10.6 Å². The third kappa shape index (κ3) is 5.40. The van der Waals surface area contributed by atoms with Gasteiger partial charge in [-0.2, -0.15) is 0 Å². The van der Waals surface area contributed by atoms with E-state index in [2.05, 4.69) is 15.6 Å². The Morgan fingerprint density at radius 1 is 1.19 bits per heavy atom. The second-order valence-corrected chi connectivity index (χ2v) is 4.39. The van der Waals surface area contributed by atoms with Crippen LogP contribution in [0.4, 0.5) is 4.79 Å². The molecule has 2 amide bonds. The molecule has 1 aromatic heterocycles. The molecule has 0 bridgehead atoms. The van der Waals surface area contributed by atoms with Gasteiger partial charge in [0.1, 0.15) is 5.76 Å². The van der Waals surface area contributed by atoms with Gasteiger partial charge in [0.15, 0.2) is 5.96 Å². The molecule has 0 saturated carbocycles. The van der Waals surface area contributed by atoms with Gasteiger partial charge in [0.05, 0.1) is 12.8 Å². The average Bonchev–Trinajstić information content (AvgIpc) is 2.99. The number of benzene rings is 1. The first-order valence-corrected chi connectivity index (χ1v) is 6.65. The minimum absolute atomic E-state index is 0.0999. The molecule has 6 nitrogen and oxygen atoms in total. The van der Waals surface area contributed by atoms with Gasteiger partial charge in [-0.15, -0.1) is 0 Å². The van der Waals surface area contributed by atoms with E-state index in [1.54, 1.807) is 18.4 Å². The molecule has 0 spiro atoms. The Morgan fingerprint density at radius 3 is 2.71 bits per heavy atom. The highest BCUT2D eigenvalue weighted by atomic mass is 16.3. The lowest BCUT2D eigenvalue weighted by Gasteiger charge is -2.05. The Hall–Kier alpha value is -2.76. The molecule has 0 aliphatic carbocycles. The minimum Gasteiger partial charge on any atom is -0.467 e. The lowest BCUT2D eigenvalue weighted by atomic mass is 10.2. The molecule has 110 valence electrons. The van der Waals surface area contributed by atoms with E-state index in [0.29, 0.717) is 18.8 Å². The molecule has 0 aliphatic rings. The smallest absolute Gasteiger partial charge is 0.321 e. The SMILES string of the molecule is NC(=NCCc1ccccc1)NC(=O)NCc1ccco1. The van der Waals surface area contributed by atoms with Gasteiger partial charge in [0.25, 0.3) is 0 Å². The van der Waals surface area contributed by atoms with Gasteiger partial charge >= 0.3 is 6.03 Å². The fraction of sp³-hybridized carbons (Fsp3) is 0.200.